The maximum Gasteiger partial charge on any atom is 0.485 e. The first-order valence-corrected chi connectivity index (χ1v) is 13.9. The molecule has 0 aromatic heterocycles. The van der Waals surface area contributed by atoms with E-state index in [4.69, 9.17) is 32.2 Å². The van der Waals surface area contributed by atoms with Crippen LogP contribution in [-0.2, 0) is 9.36 Å². The summed E-state index contributed by atoms with van der Waals surface area (Å²) in [5, 5.41) is 11.9. The number of carbonyl (C=O) groups is 2. The quantitative estimate of drug-likeness (QED) is 0.173. The minimum Gasteiger partial charge on any atom is -0.544 e. The molecule has 0 heterocycles. The van der Waals surface area contributed by atoms with Crippen molar-refractivity contribution in [2.75, 3.05) is 25.1 Å². The van der Waals surface area contributed by atoms with Crippen LogP contribution in [0.5, 0.6) is 11.5 Å². The van der Waals surface area contributed by atoms with Gasteiger partial charge in [-0.3, -0.25) is 0 Å². The minimum absolute atomic E-state index is 0.106. The molecule has 0 radical (unpaired) electrons. The molecule has 2 rings (SSSR count). The second-order valence-corrected chi connectivity index (χ2v) is 11.2. The largest absolute Gasteiger partial charge is 0.544 e. The Morgan fingerprint density at radius 1 is 1.12 bits per heavy atom. The summed E-state index contributed by atoms with van der Waals surface area (Å²) in [7, 11) is -4.20. The Morgan fingerprint density at radius 2 is 1.68 bits per heavy atom. The number of aliphatic carboxylic acids is 1. The van der Waals surface area contributed by atoms with Gasteiger partial charge in [-0.2, -0.15) is 0 Å². The lowest BCUT2D eigenvalue weighted by molar-refractivity contribution is -0.828. The highest BCUT2D eigenvalue weighted by Crippen LogP contribution is 2.51. The van der Waals surface area contributed by atoms with E-state index in [2.05, 4.69) is 6.58 Å². The molecule has 0 aliphatic heterocycles. The lowest BCUT2D eigenvalue weighted by Gasteiger charge is -2.37. The van der Waals surface area contributed by atoms with E-state index in [9.17, 15) is 19.3 Å². The van der Waals surface area contributed by atoms with E-state index in [-0.39, 0.29) is 23.8 Å². The molecule has 1 amide bonds. The number of thioether (sulfide) groups is 1. The number of quaternary nitrogens is 1. The lowest BCUT2D eigenvalue weighted by atomic mass is 10.3. The predicted octanol–water partition coefficient (Wildman–Crippen LogP) is 6.01. The van der Waals surface area contributed by atoms with Crippen molar-refractivity contribution in [2.45, 2.75) is 19.8 Å². The lowest BCUT2D eigenvalue weighted by Crippen LogP contribution is -2.57. The van der Waals surface area contributed by atoms with Crippen LogP contribution in [0.4, 0.5) is 4.79 Å². The van der Waals surface area contributed by atoms with Gasteiger partial charge in [0.1, 0.15) is 18.0 Å². The number of carboxylic acid groups (broad SMARTS) is 1. The number of rotatable bonds is 13. The van der Waals surface area contributed by atoms with Crippen LogP contribution in [-0.4, -0.2) is 40.8 Å². The van der Waals surface area contributed by atoms with E-state index in [1.165, 1.54) is 30.3 Å². The van der Waals surface area contributed by atoms with Gasteiger partial charge >= 0.3 is 12.8 Å². The van der Waals surface area contributed by atoms with Crippen LogP contribution in [0.25, 0.3) is 0 Å². The molecule has 1 unspecified atom stereocenters. The normalized spacial score (nSPS) is 13.0. The number of unbranched alkanes of at least 4 members (excludes halogenated alkanes) is 1. The summed E-state index contributed by atoms with van der Waals surface area (Å²) in [6.45, 7) is 4.92. The third kappa shape index (κ3) is 8.67. The zero-order chi connectivity index (χ0) is 25.2. The SMILES string of the molecule is C=CCSC(=O)[N+](CCCC)(CC(=O)[O-])CP(=O)(Oc1cccc(Cl)c1)Oc1cccc(Cl)c1. The summed E-state index contributed by atoms with van der Waals surface area (Å²) in [5.74, 6) is -0.912. The Morgan fingerprint density at radius 3 is 2.12 bits per heavy atom. The Kier molecular flexibility index (Phi) is 11.0. The van der Waals surface area contributed by atoms with Crippen molar-refractivity contribution in [1.29, 1.82) is 0 Å². The number of hydrogen-bond acceptors (Lipinski definition) is 7. The highest BCUT2D eigenvalue weighted by Gasteiger charge is 2.47. The standard InChI is InChI=1S/C23H26Cl2NO6PS/c1-3-5-12-26(16-22(27)28,23(29)34-13-4-2)17-33(30,31-20-10-6-8-18(24)14-20)32-21-11-7-9-19(25)15-21/h4,6-11,14-15H,2-3,5,12-13,16-17H2,1H3. The van der Waals surface area contributed by atoms with Gasteiger partial charge in [0, 0.05) is 15.8 Å². The molecule has 0 saturated carbocycles. The van der Waals surface area contributed by atoms with Gasteiger partial charge in [0.2, 0.25) is 6.29 Å². The molecule has 0 saturated heterocycles. The highest BCUT2D eigenvalue weighted by molar-refractivity contribution is 8.13. The van der Waals surface area contributed by atoms with E-state index >= 15 is 0 Å². The number of amides is 1. The Bertz CT molecular complexity index is 1020. The molecule has 0 spiro atoms. The van der Waals surface area contributed by atoms with Gasteiger partial charge in [0.05, 0.1) is 12.5 Å². The van der Waals surface area contributed by atoms with Crippen molar-refractivity contribution in [1.82, 2.24) is 0 Å². The van der Waals surface area contributed by atoms with Gasteiger partial charge < -0.3 is 18.9 Å². The van der Waals surface area contributed by atoms with E-state index in [1.807, 2.05) is 6.92 Å². The predicted molar refractivity (Wildman–Crippen MR) is 135 cm³/mol. The number of benzene rings is 2. The third-order valence-corrected chi connectivity index (χ3v) is 7.98. The minimum atomic E-state index is -4.20. The maximum absolute atomic E-state index is 14.2. The first kappa shape index (κ1) is 28.3. The first-order chi connectivity index (χ1) is 16.1. The van der Waals surface area contributed by atoms with Crippen LogP contribution in [0.1, 0.15) is 19.8 Å². The maximum atomic E-state index is 14.2. The zero-order valence-electron chi connectivity index (χ0n) is 18.7. The second-order valence-electron chi connectivity index (χ2n) is 7.47. The molecule has 0 aliphatic carbocycles. The molecule has 11 heteroatoms. The molecular weight excluding hydrogens is 520 g/mol. The average molecular weight is 546 g/mol. The average Bonchev–Trinajstić information content (AvgIpc) is 2.75. The van der Waals surface area contributed by atoms with E-state index < -0.39 is 36.1 Å². The summed E-state index contributed by atoms with van der Waals surface area (Å²) in [4.78, 5) is 25.0. The van der Waals surface area contributed by atoms with Crippen molar-refractivity contribution in [3.8, 4) is 11.5 Å². The van der Waals surface area contributed by atoms with Gasteiger partial charge in [-0.25, -0.2) is 13.8 Å². The monoisotopic (exact) mass is 545 g/mol. The number of carbonyl (C=O) groups excluding carboxylic acids is 2. The summed E-state index contributed by atoms with van der Waals surface area (Å²) >= 11 is 13.0. The van der Waals surface area contributed by atoms with E-state index in [0.29, 0.717) is 22.9 Å². The third-order valence-electron chi connectivity index (χ3n) is 4.61. The summed E-state index contributed by atoms with van der Waals surface area (Å²) in [5.41, 5.74) is 0. The fourth-order valence-corrected chi connectivity index (χ4v) is 6.43. The molecule has 0 bridgehead atoms. The van der Waals surface area contributed by atoms with Crippen molar-refractivity contribution >= 4 is 53.8 Å². The molecule has 2 aromatic rings. The molecule has 184 valence electrons. The number of nitrogens with zero attached hydrogens (tertiary/aromatic N) is 1. The number of carboxylic acids is 1. The summed E-state index contributed by atoms with van der Waals surface area (Å²) < 4.78 is 25.1. The van der Waals surface area contributed by atoms with Crippen LogP contribution in [0.2, 0.25) is 10.0 Å². The van der Waals surface area contributed by atoms with Crippen molar-refractivity contribution in [2.24, 2.45) is 0 Å². The van der Waals surface area contributed by atoms with Crippen LogP contribution >= 0.6 is 42.6 Å². The summed E-state index contributed by atoms with van der Waals surface area (Å²) in [6, 6.07) is 12.4. The molecule has 0 N–H and O–H groups in total. The molecule has 2 aromatic carbocycles. The van der Waals surface area contributed by atoms with Crippen LogP contribution in [0, 0.1) is 0 Å². The molecule has 7 nitrogen and oxygen atoms in total. The van der Waals surface area contributed by atoms with Crippen molar-refractivity contribution in [3.05, 3.63) is 71.2 Å². The molecule has 1 atom stereocenters. The smallest absolute Gasteiger partial charge is 0.485 e. The zero-order valence-corrected chi connectivity index (χ0v) is 21.9. The van der Waals surface area contributed by atoms with Crippen molar-refractivity contribution < 1.29 is 32.8 Å². The van der Waals surface area contributed by atoms with Gasteiger partial charge in [-0.05, 0) is 54.6 Å². The Hall–Kier alpha value is -1.96. The first-order valence-electron chi connectivity index (χ1n) is 10.4. The molecular formula is C23H26Cl2NO6PS. The topological polar surface area (TPSA) is 92.7 Å². The van der Waals surface area contributed by atoms with Gasteiger partial charge in [-0.1, -0.05) is 54.8 Å². The van der Waals surface area contributed by atoms with Crippen LogP contribution in [0.3, 0.4) is 0 Å². The highest BCUT2D eigenvalue weighted by atomic mass is 35.5. The number of halogens is 2. The summed E-state index contributed by atoms with van der Waals surface area (Å²) in [6.07, 6.45) is 2.17. The number of hydrogen-bond donors (Lipinski definition) is 0. The van der Waals surface area contributed by atoms with Gasteiger partial charge in [0.25, 0.3) is 0 Å². The molecule has 0 aliphatic rings. The fraction of sp³-hybridized carbons (Fsp3) is 0.304. The molecule has 34 heavy (non-hydrogen) atoms. The van der Waals surface area contributed by atoms with E-state index in [1.54, 1.807) is 24.3 Å². The van der Waals surface area contributed by atoms with E-state index in [0.717, 1.165) is 11.8 Å². The second kappa shape index (κ2) is 13.2. The molecule has 0 fully saturated rings. The Labute approximate surface area is 213 Å². The van der Waals surface area contributed by atoms with Crippen molar-refractivity contribution in [3.63, 3.8) is 0 Å². The van der Waals surface area contributed by atoms with Gasteiger partial charge in [-0.15, -0.1) is 6.58 Å². The van der Waals surface area contributed by atoms with Gasteiger partial charge in [0.15, 0.2) is 0 Å². The fourth-order valence-electron chi connectivity index (χ4n) is 3.17. The Balaban J connectivity index is 2.55. The van der Waals surface area contributed by atoms with Crippen LogP contribution in [0.15, 0.2) is 61.2 Å². The van der Waals surface area contributed by atoms with Crippen LogP contribution < -0.4 is 14.2 Å².